The summed E-state index contributed by atoms with van der Waals surface area (Å²) < 4.78 is 24.1. The van der Waals surface area contributed by atoms with Gasteiger partial charge < -0.3 is 10.3 Å². The summed E-state index contributed by atoms with van der Waals surface area (Å²) in [6.45, 7) is 0. The van der Waals surface area contributed by atoms with Crippen molar-refractivity contribution in [1.82, 2.24) is 14.5 Å². The molecule has 0 fully saturated rings. The minimum atomic E-state index is -3.00. The number of pyridine rings is 1. The lowest BCUT2D eigenvalue weighted by Gasteiger charge is -2.10. The van der Waals surface area contributed by atoms with Gasteiger partial charge in [0.15, 0.2) is 0 Å². The van der Waals surface area contributed by atoms with Gasteiger partial charge in [0, 0.05) is 19.5 Å². The predicted octanol–water partition coefficient (Wildman–Crippen LogP) is 0.403. The third-order valence-electron chi connectivity index (χ3n) is 2.85. The van der Waals surface area contributed by atoms with E-state index in [1.165, 1.54) is 6.26 Å². The van der Waals surface area contributed by atoms with E-state index in [2.05, 4.69) is 9.97 Å². The quantitative estimate of drug-likeness (QED) is 0.867. The standard InChI is InChI=1S/C11H16N4O2S/c1-15-10-3-5-13-7-9(10)14-11(15)8(12)4-6-18(2,16)17/h3,5,7-8H,4,6,12H2,1-2H3. The van der Waals surface area contributed by atoms with Crippen LogP contribution in [0.3, 0.4) is 0 Å². The highest BCUT2D eigenvalue weighted by atomic mass is 32.2. The smallest absolute Gasteiger partial charge is 0.147 e. The van der Waals surface area contributed by atoms with Crippen molar-refractivity contribution >= 4 is 20.9 Å². The summed E-state index contributed by atoms with van der Waals surface area (Å²) >= 11 is 0. The fourth-order valence-corrected chi connectivity index (χ4v) is 2.55. The van der Waals surface area contributed by atoms with E-state index < -0.39 is 15.9 Å². The molecule has 0 aliphatic rings. The van der Waals surface area contributed by atoms with Crippen molar-refractivity contribution in [1.29, 1.82) is 0 Å². The molecule has 2 aromatic rings. The van der Waals surface area contributed by atoms with Crippen LogP contribution in [0.2, 0.25) is 0 Å². The second kappa shape index (κ2) is 4.66. The van der Waals surface area contributed by atoms with Crippen molar-refractivity contribution in [2.45, 2.75) is 12.5 Å². The highest BCUT2D eigenvalue weighted by Gasteiger charge is 2.16. The molecule has 0 bridgehead atoms. The van der Waals surface area contributed by atoms with E-state index >= 15 is 0 Å². The monoisotopic (exact) mass is 268 g/mol. The second-order valence-electron chi connectivity index (χ2n) is 4.42. The zero-order chi connectivity index (χ0) is 13.3. The van der Waals surface area contributed by atoms with E-state index in [1.54, 1.807) is 12.4 Å². The van der Waals surface area contributed by atoms with Gasteiger partial charge in [-0.3, -0.25) is 4.98 Å². The molecule has 2 N–H and O–H groups in total. The van der Waals surface area contributed by atoms with Crippen LogP contribution in [0.15, 0.2) is 18.5 Å². The van der Waals surface area contributed by atoms with E-state index in [0.717, 1.165) is 11.0 Å². The van der Waals surface area contributed by atoms with Crippen LogP contribution < -0.4 is 5.73 Å². The summed E-state index contributed by atoms with van der Waals surface area (Å²) in [5, 5.41) is 0. The Hall–Kier alpha value is -1.47. The van der Waals surface area contributed by atoms with Gasteiger partial charge in [0.05, 0.1) is 23.5 Å². The van der Waals surface area contributed by atoms with Gasteiger partial charge in [0.25, 0.3) is 0 Å². The molecule has 2 rings (SSSR count). The second-order valence-corrected chi connectivity index (χ2v) is 6.68. The zero-order valence-corrected chi connectivity index (χ0v) is 11.2. The lowest BCUT2D eigenvalue weighted by molar-refractivity contribution is 0.581. The highest BCUT2D eigenvalue weighted by molar-refractivity contribution is 7.90. The molecule has 0 saturated heterocycles. The maximum atomic E-state index is 11.1. The Morgan fingerprint density at radius 1 is 1.50 bits per heavy atom. The van der Waals surface area contributed by atoms with Crippen molar-refractivity contribution in [3.05, 3.63) is 24.3 Å². The minimum Gasteiger partial charge on any atom is -0.330 e. The molecular formula is C11H16N4O2S. The van der Waals surface area contributed by atoms with Crippen LogP contribution in [-0.4, -0.2) is 35.0 Å². The van der Waals surface area contributed by atoms with Gasteiger partial charge in [-0.1, -0.05) is 0 Å². The van der Waals surface area contributed by atoms with Crippen LogP contribution in [0.1, 0.15) is 18.3 Å². The topological polar surface area (TPSA) is 90.9 Å². The Morgan fingerprint density at radius 2 is 2.22 bits per heavy atom. The summed E-state index contributed by atoms with van der Waals surface area (Å²) in [4.78, 5) is 8.39. The van der Waals surface area contributed by atoms with Gasteiger partial charge in [-0.15, -0.1) is 0 Å². The van der Waals surface area contributed by atoms with Crippen molar-refractivity contribution in [3.8, 4) is 0 Å². The zero-order valence-electron chi connectivity index (χ0n) is 10.4. The lowest BCUT2D eigenvalue weighted by Crippen LogP contribution is -2.19. The van der Waals surface area contributed by atoms with E-state index in [-0.39, 0.29) is 5.75 Å². The molecule has 0 radical (unpaired) electrons. The normalized spacial score (nSPS) is 13.9. The molecule has 6 nitrogen and oxygen atoms in total. The van der Waals surface area contributed by atoms with Crippen LogP contribution >= 0.6 is 0 Å². The molecule has 0 aliphatic heterocycles. The number of nitrogens with two attached hydrogens (primary N) is 1. The minimum absolute atomic E-state index is 0.0651. The molecule has 7 heteroatoms. The largest absolute Gasteiger partial charge is 0.330 e. The summed E-state index contributed by atoms with van der Waals surface area (Å²) in [6, 6.07) is 1.46. The highest BCUT2D eigenvalue weighted by Crippen LogP contribution is 2.19. The van der Waals surface area contributed by atoms with Gasteiger partial charge in [-0.25, -0.2) is 13.4 Å². The van der Waals surface area contributed by atoms with Gasteiger partial charge in [-0.05, 0) is 12.5 Å². The van der Waals surface area contributed by atoms with Crippen molar-refractivity contribution in [2.24, 2.45) is 12.8 Å². The number of nitrogens with zero attached hydrogens (tertiary/aromatic N) is 3. The van der Waals surface area contributed by atoms with Gasteiger partial charge in [-0.2, -0.15) is 0 Å². The Bertz CT molecular complexity index is 663. The number of rotatable bonds is 4. The fraction of sp³-hybridized carbons (Fsp3) is 0.455. The van der Waals surface area contributed by atoms with Crippen molar-refractivity contribution in [2.75, 3.05) is 12.0 Å². The molecule has 18 heavy (non-hydrogen) atoms. The van der Waals surface area contributed by atoms with E-state index in [0.29, 0.717) is 12.2 Å². The molecule has 0 saturated carbocycles. The number of aryl methyl sites for hydroxylation is 1. The average molecular weight is 268 g/mol. The molecule has 2 heterocycles. The number of imidazole rings is 1. The first kappa shape index (κ1) is 13.0. The first-order valence-electron chi connectivity index (χ1n) is 5.58. The predicted molar refractivity (Wildman–Crippen MR) is 69.8 cm³/mol. The molecule has 0 spiro atoms. The van der Waals surface area contributed by atoms with Crippen LogP contribution in [0.5, 0.6) is 0 Å². The number of aromatic nitrogens is 3. The van der Waals surface area contributed by atoms with Crippen LogP contribution in [0, 0.1) is 0 Å². The van der Waals surface area contributed by atoms with Crippen molar-refractivity contribution < 1.29 is 8.42 Å². The van der Waals surface area contributed by atoms with Crippen LogP contribution in [0.4, 0.5) is 0 Å². The van der Waals surface area contributed by atoms with Crippen molar-refractivity contribution in [3.63, 3.8) is 0 Å². The van der Waals surface area contributed by atoms with Gasteiger partial charge >= 0.3 is 0 Å². The molecule has 0 amide bonds. The summed E-state index contributed by atoms with van der Waals surface area (Å²) in [5.74, 6) is 0.747. The Balaban J connectivity index is 2.28. The van der Waals surface area contributed by atoms with Crippen LogP contribution in [-0.2, 0) is 16.9 Å². The Labute approximate surface area is 106 Å². The first-order chi connectivity index (χ1) is 8.38. The first-order valence-corrected chi connectivity index (χ1v) is 7.64. The third kappa shape index (κ3) is 2.68. The Kier molecular flexibility index (Phi) is 3.36. The van der Waals surface area contributed by atoms with Crippen LogP contribution in [0.25, 0.3) is 11.0 Å². The fourth-order valence-electron chi connectivity index (χ4n) is 1.87. The van der Waals surface area contributed by atoms with Gasteiger partial charge in [0.1, 0.15) is 21.2 Å². The molecule has 1 atom stereocenters. The maximum absolute atomic E-state index is 11.1. The number of sulfone groups is 1. The third-order valence-corrected chi connectivity index (χ3v) is 3.83. The number of fused-ring (bicyclic) bond motifs is 1. The van der Waals surface area contributed by atoms with E-state index in [4.69, 9.17) is 5.73 Å². The van der Waals surface area contributed by atoms with Gasteiger partial charge in [0.2, 0.25) is 0 Å². The molecule has 1 unspecified atom stereocenters. The Morgan fingerprint density at radius 3 is 2.83 bits per heavy atom. The lowest BCUT2D eigenvalue weighted by atomic mass is 10.2. The average Bonchev–Trinajstić information content (AvgIpc) is 2.64. The molecular weight excluding hydrogens is 252 g/mol. The molecule has 2 aromatic heterocycles. The van der Waals surface area contributed by atoms with E-state index in [1.807, 2.05) is 17.7 Å². The van der Waals surface area contributed by atoms with E-state index in [9.17, 15) is 8.42 Å². The SMILES string of the molecule is Cn1c(C(N)CCS(C)(=O)=O)nc2cnccc21. The molecule has 0 aromatic carbocycles. The summed E-state index contributed by atoms with van der Waals surface area (Å²) in [7, 11) is -1.13. The summed E-state index contributed by atoms with van der Waals surface area (Å²) in [5.41, 5.74) is 7.71. The molecule has 98 valence electrons. The number of hydrogen-bond donors (Lipinski definition) is 1. The maximum Gasteiger partial charge on any atom is 0.147 e. The molecule has 0 aliphatic carbocycles. The summed E-state index contributed by atoms with van der Waals surface area (Å²) in [6.07, 6.45) is 4.93. The number of hydrogen-bond acceptors (Lipinski definition) is 5.